The molecule has 0 spiro atoms. The van der Waals surface area contributed by atoms with Gasteiger partial charge in [-0.15, -0.1) is 0 Å². The van der Waals surface area contributed by atoms with Gasteiger partial charge >= 0.3 is 17.9 Å². The Morgan fingerprint density at radius 3 is 1.09 bits per heavy atom. The zero-order valence-corrected chi connectivity index (χ0v) is 43.0. The topological polar surface area (TPSA) is 78.9 Å². The van der Waals surface area contributed by atoms with Crippen molar-refractivity contribution in [2.45, 2.75) is 284 Å². The third-order valence-electron chi connectivity index (χ3n) is 12.1. The van der Waals surface area contributed by atoms with Crippen molar-refractivity contribution in [1.29, 1.82) is 0 Å². The molecule has 1 atom stereocenters. The lowest BCUT2D eigenvalue weighted by Crippen LogP contribution is -2.30. The molecule has 0 aromatic rings. The molecule has 0 aromatic carbocycles. The predicted octanol–water partition coefficient (Wildman–Crippen LogP) is 18.4. The minimum Gasteiger partial charge on any atom is -0.462 e. The molecular weight excluding hydrogens is 805 g/mol. The largest absolute Gasteiger partial charge is 0.462 e. The van der Waals surface area contributed by atoms with Gasteiger partial charge in [0.2, 0.25) is 0 Å². The molecule has 0 saturated heterocycles. The molecule has 6 nitrogen and oxygen atoms in total. The van der Waals surface area contributed by atoms with Gasteiger partial charge in [0.25, 0.3) is 0 Å². The van der Waals surface area contributed by atoms with E-state index in [0.29, 0.717) is 19.3 Å². The van der Waals surface area contributed by atoms with Gasteiger partial charge in [0.15, 0.2) is 6.10 Å². The van der Waals surface area contributed by atoms with Crippen LogP contribution in [0.25, 0.3) is 0 Å². The highest BCUT2D eigenvalue weighted by molar-refractivity contribution is 5.71. The van der Waals surface area contributed by atoms with E-state index >= 15 is 0 Å². The summed E-state index contributed by atoms with van der Waals surface area (Å²) in [6, 6.07) is 0. The van der Waals surface area contributed by atoms with Crippen molar-refractivity contribution in [2.24, 2.45) is 0 Å². The second-order valence-corrected chi connectivity index (χ2v) is 18.5. The number of rotatable bonds is 50. The quantitative estimate of drug-likeness (QED) is 0.0199. The van der Waals surface area contributed by atoms with E-state index in [1.165, 1.54) is 148 Å². The van der Waals surface area contributed by atoms with E-state index in [0.717, 1.165) is 89.9 Å². The van der Waals surface area contributed by atoms with Crippen molar-refractivity contribution < 1.29 is 28.6 Å². The molecule has 0 fully saturated rings. The zero-order chi connectivity index (χ0) is 47.2. The number of allylic oxidation sites excluding steroid dienone is 10. The lowest BCUT2D eigenvalue weighted by molar-refractivity contribution is -0.167. The Balaban J connectivity index is 4.35. The lowest BCUT2D eigenvalue weighted by atomic mass is 10.0. The molecule has 0 aliphatic heterocycles. The van der Waals surface area contributed by atoms with Gasteiger partial charge in [-0.05, 0) is 64.2 Å². The standard InChI is InChI=1S/C59H104O6/c1-4-7-10-13-16-19-22-25-28-29-30-32-34-37-40-43-46-49-52-58(61)64-55-56(54-63-57(60)51-48-45-42-39-36-33-27-24-21-18-15-12-9-6-3)65-59(62)53-50-47-44-41-38-35-31-26-23-20-17-14-11-8-5-2/h8-9,11-12,14,17-18,20-21,23,56H,4-7,10,13,15-16,19,22,24-55H2,1-3H3/b11-8-,12-9-,17-14-,21-18-,23-20-. The predicted molar refractivity (Wildman–Crippen MR) is 279 cm³/mol. The summed E-state index contributed by atoms with van der Waals surface area (Å²) in [7, 11) is 0. The van der Waals surface area contributed by atoms with Gasteiger partial charge in [0, 0.05) is 19.3 Å². The average Bonchev–Trinajstić information content (AvgIpc) is 3.30. The summed E-state index contributed by atoms with van der Waals surface area (Å²) in [6.07, 6.45) is 66.4. The van der Waals surface area contributed by atoms with Crippen molar-refractivity contribution >= 4 is 17.9 Å². The summed E-state index contributed by atoms with van der Waals surface area (Å²) in [5.74, 6) is -0.890. The van der Waals surface area contributed by atoms with Gasteiger partial charge in [-0.2, -0.15) is 0 Å². The highest BCUT2D eigenvalue weighted by Gasteiger charge is 2.19. The normalized spacial score (nSPS) is 12.5. The molecule has 6 heteroatoms. The Bertz CT molecular complexity index is 1180. The molecule has 65 heavy (non-hydrogen) atoms. The highest BCUT2D eigenvalue weighted by Crippen LogP contribution is 2.16. The van der Waals surface area contributed by atoms with Crippen LogP contribution in [0.4, 0.5) is 0 Å². The molecule has 1 unspecified atom stereocenters. The molecule has 0 radical (unpaired) electrons. The summed E-state index contributed by atoms with van der Waals surface area (Å²) >= 11 is 0. The van der Waals surface area contributed by atoms with Crippen LogP contribution in [-0.4, -0.2) is 37.2 Å². The summed E-state index contributed by atoms with van der Waals surface area (Å²) in [4.78, 5) is 38.1. The summed E-state index contributed by atoms with van der Waals surface area (Å²) in [6.45, 7) is 6.42. The van der Waals surface area contributed by atoms with Gasteiger partial charge in [-0.1, -0.05) is 255 Å². The molecule has 0 amide bonds. The van der Waals surface area contributed by atoms with Gasteiger partial charge in [-0.3, -0.25) is 14.4 Å². The van der Waals surface area contributed by atoms with Gasteiger partial charge in [0.1, 0.15) is 13.2 Å². The number of ether oxygens (including phenoxy) is 3. The van der Waals surface area contributed by atoms with Crippen LogP contribution in [0.5, 0.6) is 0 Å². The van der Waals surface area contributed by atoms with Crippen LogP contribution < -0.4 is 0 Å². The van der Waals surface area contributed by atoms with E-state index < -0.39 is 6.10 Å². The van der Waals surface area contributed by atoms with Gasteiger partial charge < -0.3 is 14.2 Å². The monoisotopic (exact) mass is 909 g/mol. The van der Waals surface area contributed by atoms with Gasteiger partial charge in [0.05, 0.1) is 0 Å². The fraction of sp³-hybridized carbons (Fsp3) is 0.780. The van der Waals surface area contributed by atoms with E-state index in [1.807, 2.05) is 0 Å². The molecule has 0 aliphatic carbocycles. The van der Waals surface area contributed by atoms with Crippen LogP contribution in [0.3, 0.4) is 0 Å². The molecule has 0 bridgehead atoms. The molecule has 0 aromatic heterocycles. The van der Waals surface area contributed by atoms with E-state index in [1.54, 1.807) is 0 Å². The molecular formula is C59H104O6. The minimum atomic E-state index is -0.782. The minimum absolute atomic E-state index is 0.0794. The van der Waals surface area contributed by atoms with Crippen LogP contribution in [0.2, 0.25) is 0 Å². The van der Waals surface area contributed by atoms with Crippen molar-refractivity contribution in [1.82, 2.24) is 0 Å². The van der Waals surface area contributed by atoms with E-state index in [9.17, 15) is 14.4 Å². The maximum atomic E-state index is 12.8. The number of hydrogen-bond acceptors (Lipinski definition) is 6. The van der Waals surface area contributed by atoms with E-state index in [2.05, 4.69) is 81.5 Å². The van der Waals surface area contributed by atoms with Crippen LogP contribution >= 0.6 is 0 Å². The van der Waals surface area contributed by atoms with E-state index in [-0.39, 0.29) is 31.1 Å². The maximum absolute atomic E-state index is 12.8. The van der Waals surface area contributed by atoms with Crippen LogP contribution in [-0.2, 0) is 28.6 Å². The molecule has 0 heterocycles. The number of esters is 3. The number of hydrogen-bond donors (Lipinski definition) is 0. The first-order chi connectivity index (χ1) is 32.0. The second kappa shape index (κ2) is 53.7. The third-order valence-corrected chi connectivity index (χ3v) is 12.1. The maximum Gasteiger partial charge on any atom is 0.306 e. The highest BCUT2D eigenvalue weighted by atomic mass is 16.6. The first-order valence-corrected chi connectivity index (χ1v) is 27.8. The lowest BCUT2D eigenvalue weighted by Gasteiger charge is -2.18. The Morgan fingerprint density at radius 2 is 0.677 bits per heavy atom. The van der Waals surface area contributed by atoms with Crippen molar-refractivity contribution in [3.63, 3.8) is 0 Å². The Kier molecular flexibility index (Phi) is 51.3. The van der Waals surface area contributed by atoms with Gasteiger partial charge in [-0.25, -0.2) is 0 Å². The van der Waals surface area contributed by atoms with Crippen LogP contribution in [0, 0.1) is 0 Å². The fourth-order valence-corrected chi connectivity index (χ4v) is 7.95. The first kappa shape index (κ1) is 62.1. The first-order valence-electron chi connectivity index (χ1n) is 27.8. The fourth-order valence-electron chi connectivity index (χ4n) is 7.95. The molecule has 0 aliphatic rings. The Labute approximate surface area is 402 Å². The summed E-state index contributed by atoms with van der Waals surface area (Å²) in [5.41, 5.74) is 0. The molecule has 0 N–H and O–H groups in total. The van der Waals surface area contributed by atoms with Crippen molar-refractivity contribution in [3.8, 4) is 0 Å². The smallest absolute Gasteiger partial charge is 0.306 e. The number of unbranched alkanes of at least 4 members (excludes halogenated alkanes) is 31. The van der Waals surface area contributed by atoms with Crippen LogP contribution in [0.1, 0.15) is 278 Å². The summed E-state index contributed by atoms with van der Waals surface area (Å²) in [5, 5.41) is 0. The number of carbonyl (C=O) groups is 3. The van der Waals surface area contributed by atoms with Crippen molar-refractivity contribution in [3.05, 3.63) is 60.8 Å². The Hall–Kier alpha value is -2.89. The van der Waals surface area contributed by atoms with Crippen LogP contribution in [0.15, 0.2) is 60.8 Å². The SMILES string of the molecule is CC\C=C/C=C\C=C/CCCCCCCCCC(=O)OC(COC(=O)CCCCCCCCC/C=C\C/C=C\CC)COC(=O)CCCCCCCCCCCCCCCCCCCC. The summed E-state index contributed by atoms with van der Waals surface area (Å²) < 4.78 is 16.8. The average molecular weight is 909 g/mol. The van der Waals surface area contributed by atoms with E-state index in [4.69, 9.17) is 14.2 Å². The molecule has 376 valence electrons. The van der Waals surface area contributed by atoms with Crippen molar-refractivity contribution in [2.75, 3.05) is 13.2 Å². The molecule has 0 rings (SSSR count). The molecule has 0 saturated carbocycles. The third kappa shape index (κ3) is 51.9. The second-order valence-electron chi connectivity index (χ2n) is 18.5. The zero-order valence-electron chi connectivity index (χ0n) is 43.0. The Morgan fingerprint density at radius 1 is 0.338 bits per heavy atom. The number of carbonyl (C=O) groups excluding carboxylic acids is 3.